The Morgan fingerprint density at radius 1 is 1.37 bits per heavy atom. The first-order valence-corrected chi connectivity index (χ1v) is 6.44. The number of carbonyl (C=O) groups is 3. The van der Waals surface area contributed by atoms with Gasteiger partial charge in [0.2, 0.25) is 5.91 Å². The summed E-state index contributed by atoms with van der Waals surface area (Å²) >= 11 is 0. The molecule has 0 aromatic carbocycles. The fourth-order valence-corrected chi connectivity index (χ4v) is 2.11. The van der Waals surface area contributed by atoms with Crippen LogP contribution < -0.4 is 11.1 Å². The second kappa shape index (κ2) is 6.96. The van der Waals surface area contributed by atoms with E-state index in [0.29, 0.717) is 32.5 Å². The van der Waals surface area contributed by atoms with Crippen LogP contribution in [0.2, 0.25) is 0 Å². The van der Waals surface area contributed by atoms with Crippen molar-refractivity contribution in [1.29, 1.82) is 0 Å². The van der Waals surface area contributed by atoms with Crippen LogP contribution in [0.15, 0.2) is 0 Å². The highest BCUT2D eigenvalue weighted by atomic mass is 16.4. The number of likely N-dealkylation sites (tertiary alicyclic amines) is 1. The van der Waals surface area contributed by atoms with Gasteiger partial charge < -0.3 is 21.1 Å². The maximum atomic E-state index is 11.8. The van der Waals surface area contributed by atoms with Gasteiger partial charge in [0, 0.05) is 32.0 Å². The average molecular weight is 271 g/mol. The van der Waals surface area contributed by atoms with E-state index >= 15 is 0 Å². The lowest BCUT2D eigenvalue weighted by Gasteiger charge is -2.30. The highest BCUT2D eigenvalue weighted by Gasteiger charge is 2.25. The Bertz CT molecular complexity index is 351. The first-order chi connectivity index (χ1) is 8.90. The van der Waals surface area contributed by atoms with Crippen LogP contribution in [0, 0.1) is 11.8 Å². The van der Waals surface area contributed by atoms with Crippen molar-refractivity contribution in [3.05, 3.63) is 0 Å². The number of carbonyl (C=O) groups excluding carboxylic acids is 2. The third-order valence-corrected chi connectivity index (χ3v) is 3.31. The van der Waals surface area contributed by atoms with Gasteiger partial charge in [-0.25, -0.2) is 4.79 Å². The van der Waals surface area contributed by atoms with Crippen LogP contribution in [0.5, 0.6) is 0 Å². The van der Waals surface area contributed by atoms with Crippen LogP contribution in [-0.2, 0) is 9.59 Å². The zero-order valence-corrected chi connectivity index (χ0v) is 11.1. The Kier molecular flexibility index (Phi) is 5.59. The summed E-state index contributed by atoms with van der Waals surface area (Å²) in [5.41, 5.74) is 5.22. The van der Waals surface area contributed by atoms with Crippen LogP contribution in [0.25, 0.3) is 0 Å². The number of primary amides is 1. The third-order valence-electron chi connectivity index (χ3n) is 3.31. The van der Waals surface area contributed by atoms with Gasteiger partial charge >= 0.3 is 12.0 Å². The van der Waals surface area contributed by atoms with Crippen molar-refractivity contribution in [2.45, 2.75) is 26.2 Å². The lowest BCUT2D eigenvalue weighted by Crippen LogP contribution is -2.47. The van der Waals surface area contributed by atoms with Gasteiger partial charge in [-0.2, -0.15) is 0 Å². The van der Waals surface area contributed by atoms with Crippen molar-refractivity contribution >= 4 is 17.9 Å². The number of amides is 3. The number of aliphatic carboxylic acids is 1. The van der Waals surface area contributed by atoms with Gasteiger partial charge in [0.25, 0.3) is 0 Å². The molecule has 1 atom stereocenters. The summed E-state index contributed by atoms with van der Waals surface area (Å²) in [5, 5.41) is 11.3. The highest BCUT2D eigenvalue weighted by Crippen LogP contribution is 2.16. The van der Waals surface area contributed by atoms with Crippen LogP contribution in [0.1, 0.15) is 26.2 Å². The van der Waals surface area contributed by atoms with Crippen molar-refractivity contribution in [2.75, 3.05) is 19.6 Å². The molecule has 0 radical (unpaired) electrons. The van der Waals surface area contributed by atoms with Gasteiger partial charge in [-0.15, -0.1) is 0 Å². The van der Waals surface area contributed by atoms with Gasteiger partial charge in [0.1, 0.15) is 0 Å². The monoisotopic (exact) mass is 271 g/mol. The number of nitrogens with two attached hydrogens (primary N) is 1. The Balaban J connectivity index is 2.28. The summed E-state index contributed by atoms with van der Waals surface area (Å²) in [6.07, 6.45) is 1.21. The van der Waals surface area contributed by atoms with Crippen LogP contribution in [0.4, 0.5) is 4.79 Å². The van der Waals surface area contributed by atoms with E-state index in [1.165, 1.54) is 0 Å². The Morgan fingerprint density at radius 3 is 2.42 bits per heavy atom. The zero-order chi connectivity index (χ0) is 14.4. The molecular formula is C12H21N3O4. The molecule has 7 nitrogen and oxygen atoms in total. The summed E-state index contributed by atoms with van der Waals surface area (Å²) in [7, 11) is 0. The minimum Gasteiger partial charge on any atom is -0.481 e. The highest BCUT2D eigenvalue weighted by molar-refractivity contribution is 5.78. The van der Waals surface area contributed by atoms with Crippen molar-refractivity contribution in [2.24, 2.45) is 17.6 Å². The largest absolute Gasteiger partial charge is 0.481 e. The molecule has 0 spiro atoms. The van der Waals surface area contributed by atoms with Crippen LogP contribution >= 0.6 is 0 Å². The number of rotatable bonds is 5. The molecule has 1 unspecified atom stereocenters. The molecule has 19 heavy (non-hydrogen) atoms. The predicted octanol–water partition coefficient (Wildman–Crippen LogP) is 0.00410. The molecule has 108 valence electrons. The van der Waals surface area contributed by atoms with E-state index in [0.717, 1.165) is 0 Å². The van der Waals surface area contributed by atoms with Gasteiger partial charge in [0.15, 0.2) is 0 Å². The molecule has 3 amide bonds. The first-order valence-electron chi connectivity index (χ1n) is 6.44. The van der Waals surface area contributed by atoms with Crippen molar-refractivity contribution < 1.29 is 19.5 Å². The normalized spacial score (nSPS) is 17.8. The fraction of sp³-hybridized carbons (Fsp3) is 0.750. The van der Waals surface area contributed by atoms with Crippen molar-refractivity contribution in [3.63, 3.8) is 0 Å². The van der Waals surface area contributed by atoms with Crippen molar-refractivity contribution in [3.8, 4) is 0 Å². The molecule has 0 bridgehead atoms. The van der Waals surface area contributed by atoms with Crippen LogP contribution in [-0.4, -0.2) is 47.5 Å². The van der Waals surface area contributed by atoms with Gasteiger partial charge in [-0.1, -0.05) is 6.92 Å². The molecule has 0 aromatic rings. The van der Waals surface area contributed by atoms with E-state index < -0.39 is 5.97 Å². The maximum absolute atomic E-state index is 11.8. The molecule has 1 aliphatic heterocycles. The maximum Gasteiger partial charge on any atom is 0.317 e. The molecule has 7 heteroatoms. The van der Waals surface area contributed by atoms with E-state index in [1.54, 1.807) is 11.8 Å². The third kappa shape index (κ3) is 5.15. The van der Waals surface area contributed by atoms with E-state index in [4.69, 9.17) is 10.8 Å². The van der Waals surface area contributed by atoms with Gasteiger partial charge in [0.05, 0.1) is 0 Å². The Hall–Kier alpha value is -1.79. The van der Waals surface area contributed by atoms with Crippen LogP contribution in [0.3, 0.4) is 0 Å². The molecule has 1 fully saturated rings. The van der Waals surface area contributed by atoms with E-state index in [1.807, 2.05) is 0 Å². The molecule has 0 aromatic heterocycles. The molecular weight excluding hydrogens is 250 g/mol. The second-order valence-corrected chi connectivity index (χ2v) is 5.05. The molecule has 4 N–H and O–H groups in total. The lowest BCUT2D eigenvalue weighted by molar-refractivity contribution is -0.137. The quantitative estimate of drug-likeness (QED) is 0.653. The Morgan fingerprint density at radius 2 is 1.95 bits per heavy atom. The SMILES string of the molecule is CC(CNC(=O)N1CCC(C(N)=O)CC1)CC(=O)O. The molecule has 1 aliphatic rings. The number of nitrogens with zero attached hydrogens (tertiary/aromatic N) is 1. The molecule has 0 saturated carbocycles. The smallest absolute Gasteiger partial charge is 0.317 e. The second-order valence-electron chi connectivity index (χ2n) is 5.05. The fourth-order valence-electron chi connectivity index (χ4n) is 2.11. The topological polar surface area (TPSA) is 113 Å². The summed E-state index contributed by atoms with van der Waals surface area (Å²) in [6, 6.07) is -0.208. The number of nitrogens with one attached hydrogen (secondary N) is 1. The van der Waals surface area contributed by atoms with Crippen molar-refractivity contribution in [1.82, 2.24) is 10.2 Å². The molecule has 0 aliphatic carbocycles. The zero-order valence-electron chi connectivity index (χ0n) is 11.1. The van der Waals surface area contributed by atoms with E-state index in [2.05, 4.69) is 5.32 Å². The molecule has 1 heterocycles. The van der Waals surface area contributed by atoms with Gasteiger partial charge in [-0.05, 0) is 18.8 Å². The average Bonchev–Trinajstić information content (AvgIpc) is 2.35. The molecule has 1 saturated heterocycles. The predicted molar refractivity (Wildman–Crippen MR) is 68.3 cm³/mol. The first kappa shape index (κ1) is 15.3. The number of hydrogen-bond acceptors (Lipinski definition) is 3. The lowest BCUT2D eigenvalue weighted by atomic mass is 9.96. The number of piperidine rings is 1. The minimum absolute atomic E-state index is 0.0318. The summed E-state index contributed by atoms with van der Waals surface area (Å²) in [5.74, 6) is -1.43. The van der Waals surface area contributed by atoms with E-state index in [-0.39, 0.29) is 30.2 Å². The van der Waals surface area contributed by atoms with Gasteiger partial charge in [-0.3, -0.25) is 9.59 Å². The summed E-state index contributed by atoms with van der Waals surface area (Å²) in [6.45, 7) is 3.12. The number of carboxylic acid groups (broad SMARTS) is 1. The Labute approximate surface area is 112 Å². The van der Waals surface area contributed by atoms with E-state index in [9.17, 15) is 14.4 Å². The number of carboxylic acids is 1. The summed E-state index contributed by atoms with van der Waals surface area (Å²) in [4.78, 5) is 34.9. The minimum atomic E-state index is -0.871. The number of urea groups is 1. The standard InChI is InChI=1S/C12H21N3O4/c1-8(6-10(16)17)7-14-12(19)15-4-2-9(3-5-15)11(13)18/h8-9H,2-7H2,1H3,(H2,13,18)(H,14,19)(H,16,17). The summed E-state index contributed by atoms with van der Waals surface area (Å²) < 4.78 is 0. The molecule has 1 rings (SSSR count). The number of hydrogen-bond donors (Lipinski definition) is 3.